The van der Waals surface area contributed by atoms with Crippen LogP contribution in [-0.2, 0) is 6.54 Å². The second kappa shape index (κ2) is 8.15. The van der Waals surface area contributed by atoms with Gasteiger partial charge in [0.15, 0.2) is 11.5 Å². The van der Waals surface area contributed by atoms with Gasteiger partial charge in [-0.2, -0.15) is 0 Å². The predicted molar refractivity (Wildman–Crippen MR) is 133 cm³/mol. The van der Waals surface area contributed by atoms with E-state index in [1.54, 1.807) is 41.4 Å². The van der Waals surface area contributed by atoms with Crippen LogP contribution in [0.25, 0.3) is 16.7 Å². The summed E-state index contributed by atoms with van der Waals surface area (Å²) in [5.41, 5.74) is 4.39. The van der Waals surface area contributed by atoms with Gasteiger partial charge in [0.05, 0.1) is 29.3 Å². The number of hydrogen-bond donors (Lipinski definition) is 0. The van der Waals surface area contributed by atoms with Gasteiger partial charge < -0.3 is 8.98 Å². The molecule has 6 rings (SSSR count). The highest BCUT2D eigenvalue weighted by Crippen LogP contribution is 2.35. The van der Waals surface area contributed by atoms with Gasteiger partial charge in [0.2, 0.25) is 0 Å². The Balaban J connectivity index is 1.48. The van der Waals surface area contributed by atoms with Crippen LogP contribution >= 0.6 is 0 Å². The summed E-state index contributed by atoms with van der Waals surface area (Å²) in [5, 5.41) is 5.61. The summed E-state index contributed by atoms with van der Waals surface area (Å²) >= 11 is 0. The van der Waals surface area contributed by atoms with Gasteiger partial charge in [0.1, 0.15) is 23.8 Å². The van der Waals surface area contributed by atoms with E-state index in [4.69, 9.17) is 19.5 Å². The molecule has 0 spiro atoms. The van der Waals surface area contributed by atoms with Gasteiger partial charge in [0, 0.05) is 5.69 Å². The van der Waals surface area contributed by atoms with Crippen LogP contribution < -0.4 is 0 Å². The fourth-order valence-corrected chi connectivity index (χ4v) is 5.10. The minimum Gasteiger partial charge on any atom is -0.467 e. The van der Waals surface area contributed by atoms with E-state index in [9.17, 15) is 9.59 Å². The molecule has 1 aromatic carbocycles. The van der Waals surface area contributed by atoms with Gasteiger partial charge in [0.25, 0.3) is 11.8 Å². The average molecular weight is 483 g/mol. The van der Waals surface area contributed by atoms with Crippen molar-refractivity contribution in [3.63, 3.8) is 0 Å². The number of carbonyl (C=O) groups is 2. The maximum Gasteiger partial charge on any atom is 0.262 e. The number of amides is 2. The molecule has 1 aliphatic heterocycles. The molecule has 1 unspecified atom stereocenters. The van der Waals surface area contributed by atoms with E-state index >= 15 is 0 Å². The lowest BCUT2D eigenvalue weighted by molar-refractivity contribution is 0.0555. The van der Waals surface area contributed by atoms with Crippen molar-refractivity contribution in [3.05, 3.63) is 83.0 Å². The van der Waals surface area contributed by atoms with Gasteiger partial charge in [-0.25, -0.2) is 14.5 Å². The van der Waals surface area contributed by atoms with Crippen molar-refractivity contribution in [2.45, 2.75) is 46.7 Å². The standard InChI is InChI=1S/C27H26N6O3/c1-15(2)12-21(33-26(34)19-9-5-6-10-20(19)27(33)35)23-29-25-22-16(3)17(4)31(13-18-8-7-11-36-18)24(22)28-14-32(25)30-23/h5-11,14-15,21H,12-13H2,1-4H3. The van der Waals surface area contributed by atoms with E-state index in [-0.39, 0.29) is 17.7 Å². The van der Waals surface area contributed by atoms with E-state index in [2.05, 4.69) is 18.4 Å². The Labute approximate surface area is 207 Å². The Bertz CT molecular complexity index is 1610. The van der Waals surface area contributed by atoms with Crippen LogP contribution in [-0.4, -0.2) is 40.9 Å². The second-order valence-electron chi connectivity index (χ2n) is 9.73. The van der Waals surface area contributed by atoms with Crippen molar-refractivity contribution < 1.29 is 14.0 Å². The Kier molecular flexibility index (Phi) is 5.03. The van der Waals surface area contributed by atoms with E-state index in [0.29, 0.717) is 35.6 Å². The largest absolute Gasteiger partial charge is 0.467 e. The molecule has 0 aliphatic carbocycles. The van der Waals surface area contributed by atoms with E-state index < -0.39 is 6.04 Å². The maximum absolute atomic E-state index is 13.3. The number of benzene rings is 1. The molecule has 9 heteroatoms. The minimum atomic E-state index is -0.584. The normalized spacial score (nSPS) is 14.5. The highest BCUT2D eigenvalue weighted by Gasteiger charge is 2.42. The zero-order chi connectivity index (χ0) is 25.1. The van der Waals surface area contributed by atoms with Crippen LogP contribution in [0.3, 0.4) is 0 Å². The number of aryl methyl sites for hydroxylation is 1. The molecule has 2 amide bonds. The van der Waals surface area contributed by atoms with Crippen LogP contribution in [0.2, 0.25) is 0 Å². The number of imide groups is 1. The number of fused-ring (bicyclic) bond motifs is 4. The molecule has 0 saturated heterocycles. The molecule has 4 aromatic heterocycles. The van der Waals surface area contributed by atoms with Crippen molar-refractivity contribution >= 4 is 28.5 Å². The Morgan fingerprint density at radius 2 is 1.69 bits per heavy atom. The van der Waals surface area contributed by atoms with E-state index in [1.807, 2.05) is 26.0 Å². The predicted octanol–water partition coefficient (Wildman–Crippen LogP) is 4.72. The van der Waals surface area contributed by atoms with E-state index in [0.717, 1.165) is 28.1 Å². The Morgan fingerprint density at radius 1 is 0.972 bits per heavy atom. The summed E-state index contributed by atoms with van der Waals surface area (Å²) < 4.78 is 9.31. The number of carbonyl (C=O) groups excluding carboxylic acids is 2. The van der Waals surface area contributed by atoms with Gasteiger partial charge in [-0.3, -0.25) is 14.5 Å². The number of aromatic nitrogens is 5. The monoisotopic (exact) mass is 482 g/mol. The molecular formula is C27H26N6O3. The first-order valence-electron chi connectivity index (χ1n) is 12.0. The molecule has 0 fully saturated rings. The number of hydrogen-bond acceptors (Lipinski definition) is 6. The Hall–Kier alpha value is -4.27. The van der Waals surface area contributed by atoms with Crippen molar-refractivity contribution in [3.8, 4) is 0 Å². The zero-order valence-electron chi connectivity index (χ0n) is 20.6. The molecule has 5 heterocycles. The Morgan fingerprint density at radius 3 is 2.33 bits per heavy atom. The second-order valence-corrected chi connectivity index (χ2v) is 9.73. The third kappa shape index (κ3) is 3.26. The van der Waals surface area contributed by atoms with Crippen molar-refractivity contribution in [1.29, 1.82) is 0 Å². The summed E-state index contributed by atoms with van der Waals surface area (Å²) in [6.45, 7) is 8.76. The van der Waals surface area contributed by atoms with Gasteiger partial charge >= 0.3 is 0 Å². The highest BCUT2D eigenvalue weighted by molar-refractivity contribution is 6.21. The molecule has 0 radical (unpaired) electrons. The van der Waals surface area contributed by atoms with Crippen LogP contribution in [0.1, 0.15) is 69.9 Å². The number of rotatable bonds is 6. The summed E-state index contributed by atoms with van der Waals surface area (Å²) in [5.74, 6) is 0.868. The zero-order valence-corrected chi connectivity index (χ0v) is 20.6. The van der Waals surface area contributed by atoms with Gasteiger partial charge in [-0.05, 0) is 56.0 Å². The molecule has 1 atom stereocenters. The summed E-state index contributed by atoms with van der Waals surface area (Å²) in [6.07, 6.45) is 3.85. The summed E-state index contributed by atoms with van der Waals surface area (Å²) in [4.78, 5) is 37.5. The first-order chi connectivity index (χ1) is 17.3. The molecule has 0 N–H and O–H groups in total. The smallest absolute Gasteiger partial charge is 0.262 e. The fourth-order valence-electron chi connectivity index (χ4n) is 5.10. The van der Waals surface area contributed by atoms with Crippen LogP contribution in [0.15, 0.2) is 53.4 Å². The lowest BCUT2D eigenvalue weighted by Crippen LogP contribution is -2.35. The molecule has 1 aliphatic rings. The minimum absolute atomic E-state index is 0.211. The molecule has 0 saturated carbocycles. The lowest BCUT2D eigenvalue weighted by Gasteiger charge is -2.25. The highest BCUT2D eigenvalue weighted by atomic mass is 16.3. The lowest BCUT2D eigenvalue weighted by atomic mass is 10.0. The number of furan rings is 1. The first-order valence-corrected chi connectivity index (χ1v) is 12.0. The average Bonchev–Trinajstić information content (AvgIpc) is 3.62. The summed E-state index contributed by atoms with van der Waals surface area (Å²) in [7, 11) is 0. The van der Waals surface area contributed by atoms with E-state index in [1.165, 1.54) is 4.90 Å². The molecule has 9 nitrogen and oxygen atoms in total. The van der Waals surface area contributed by atoms with Crippen molar-refractivity contribution in [2.24, 2.45) is 5.92 Å². The molecule has 182 valence electrons. The summed E-state index contributed by atoms with van der Waals surface area (Å²) in [6, 6.07) is 10.2. The van der Waals surface area contributed by atoms with Gasteiger partial charge in [-0.1, -0.05) is 26.0 Å². The SMILES string of the molecule is Cc1c(C)n(Cc2ccco2)c2ncn3nc(C(CC(C)C)N4C(=O)c5ccccc5C4=O)nc3c12. The maximum atomic E-state index is 13.3. The number of nitrogens with zero attached hydrogens (tertiary/aromatic N) is 6. The molecule has 0 bridgehead atoms. The van der Waals surface area contributed by atoms with Crippen LogP contribution in [0, 0.1) is 19.8 Å². The molecular weight excluding hydrogens is 456 g/mol. The third-order valence-corrected chi connectivity index (χ3v) is 6.99. The van der Waals surface area contributed by atoms with Crippen LogP contribution in [0.5, 0.6) is 0 Å². The molecule has 5 aromatic rings. The quantitative estimate of drug-likeness (QED) is 0.325. The van der Waals surface area contributed by atoms with Crippen LogP contribution in [0.4, 0.5) is 0 Å². The molecule has 36 heavy (non-hydrogen) atoms. The fraction of sp³-hybridized carbons (Fsp3) is 0.296. The van der Waals surface area contributed by atoms with Crippen molar-refractivity contribution in [1.82, 2.24) is 29.0 Å². The van der Waals surface area contributed by atoms with Gasteiger partial charge in [-0.15, -0.1) is 5.10 Å². The topological polar surface area (TPSA) is 98.5 Å². The third-order valence-electron chi connectivity index (χ3n) is 6.99. The van der Waals surface area contributed by atoms with Crippen molar-refractivity contribution in [2.75, 3.05) is 0 Å². The first kappa shape index (κ1) is 22.2.